The van der Waals surface area contributed by atoms with Gasteiger partial charge in [0.25, 0.3) is 0 Å². The van der Waals surface area contributed by atoms with Gasteiger partial charge in [-0.2, -0.15) is 5.26 Å². The van der Waals surface area contributed by atoms with Gasteiger partial charge in [0.1, 0.15) is 6.54 Å². The molecule has 0 atom stereocenters. The molecule has 1 aromatic carbocycles. The summed E-state index contributed by atoms with van der Waals surface area (Å²) in [6.07, 6.45) is 0. The summed E-state index contributed by atoms with van der Waals surface area (Å²) in [7, 11) is 0. The molecule has 0 amide bonds. The van der Waals surface area contributed by atoms with E-state index in [0.717, 1.165) is 5.69 Å². The molecule has 0 spiro atoms. The molecule has 2 heteroatoms. The van der Waals surface area contributed by atoms with Crippen molar-refractivity contribution in [2.75, 3.05) is 11.9 Å². The first-order valence-electron chi connectivity index (χ1n) is 4.09. The van der Waals surface area contributed by atoms with Crippen LogP contribution in [0.2, 0.25) is 0 Å². The Labute approximate surface area is 75.3 Å². The largest absolute Gasteiger partial charge is 0.372 e. The second-order valence-corrected chi connectivity index (χ2v) is 1.88. The zero-order valence-electron chi connectivity index (χ0n) is 7.54. The summed E-state index contributed by atoms with van der Waals surface area (Å²) in [5.41, 5.74) is 0.990. The lowest BCUT2D eigenvalue weighted by Gasteiger charge is -1.97. The third-order valence-corrected chi connectivity index (χ3v) is 1.15. The lowest BCUT2D eigenvalue weighted by atomic mass is 10.3. The minimum atomic E-state index is 0. The molecule has 0 heterocycles. The van der Waals surface area contributed by atoms with Gasteiger partial charge in [0.05, 0.1) is 6.07 Å². The second kappa shape index (κ2) is 7.62. The number of hydrogen-bond donors (Lipinski definition) is 1. The van der Waals surface area contributed by atoms with Gasteiger partial charge in [-0.05, 0) is 12.1 Å². The van der Waals surface area contributed by atoms with E-state index < -0.39 is 0 Å². The standard InChI is InChI=1S/C8H8N2.C2H6.H2/c9-6-7-10-8-4-2-1-3-5-8;1-2;/h1-5,10H,7H2;1-2H3;1H. The molecule has 1 aromatic rings. The van der Waals surface area contributed by atoms with Crippen LogP contribution in [0, 0.1) is 11.3 Å². The molecule has 0 bridgehead atoms. The summed E-state index contributed by atoms with van der Waals surface area (Å²) in [6.45, 7) is 4.37. The highest BCUT2D eigenvalue weighted by Gasteiger charge is 1.84. The molecule has 1 N–H and O–H groups in total. The normalized spacial score (nSPS) is 7.42. The fourth-order valence-corrected chi connectivity index (χ4v) is 0.698. The highest BCUT2D eigenvalue weighted by atomic mass is 14.9. The van der Waals surface area contributed by atoms with E-state index >= 15 is 0 Å². The van der Waals surface area contributed by atoms with E-state index in [2.05, 4.69) is 5.32 Å². The van der Waals surface area contributed by atoms with E-state index in [4.69, 9.17) is 5.26 Å². The van der Waals surface area contributed by atoms with Crippen LogP contribution in [0.5, 0.6) is 0 Å². The molecule has 0 fully saturated rings. The molecule has 0 saturated heterocycles. The predicted octanol–water partition coefficient (Wildman–Crippen LogP) is 2.89. The summed E-state index contributed by atoms with van der Waals surface area (Å²) in [4.78, 5) is 0. The third kappa shape index (κ3) is 4.35. The summed E-state index contributed by atoms with van der Waals surface area (Å²) < 4.78 is 0. The molecular weight excluding hydrogens is 148 g/mol. The lowest BCUT2D eigenvalue weighted by molar-refractivity contribution is 1.32. The van der Waals surface area contributed by atoms with Crippen molar-refractivity contribution in [3.63, 3.8) is 0 Å². The topological polar surface area (TPSA) is 35.8 Å². The fourth-order valence-electron chi connectivity index (χ4n) is 0.698. The summed E-state index contributed by atoms with van der Waals surface area (Å²) in [5.74, 6) is 0. The van der Waals surface area contributed by atoms with Gasteiger partial charge >= 0.3 is 0 Å². The molecule has 12 heavy (non-hydrogen) atoms. The van der Waals surface area contributed by atoms with Gasteiger partial charge in [-0.1, -0.05) is 32.0 Å². The van der Waals surface area contributed by atoms with E-state index in [1.54, 1.807) is 0 Å². The second-order valence-electron chi connectivity index (χ2n) is 1.88. The first-order valence-corrected chi connectivity index (χ1v) is 4.09. The Balaban J connectivity index is 0. The van der Waals surface area contributed by atoms with Crippen LogP contribution in [0.25, 0.3) is 0 Å². The lowest BCUT2D eigenvalue weighted by Crippen LogP contribution is -1.96. The molecule has 0 radical (unpaired) electrons. The first kappa shape index (κ1) is 10.5. The quantitative estimate of drug-likeness (QED) is 0.682. The highest BCUT2D eigenvalue weighted by Crippen LogP contribution is 2.02. The maximum atomic E-state index is 8.22. The van der Waals surface area contributed by atoms with Gasteiger partial charge in [0, 0.05) is 7.11 Å². The molecule has 66 valence electrons. The number of para-hydroxylation sites is 1. The van der Waals surface area contributed by atoms with Gasteiger partial charge in [-0.25, -0.2) is 0 Å². The van der Waals surface area contributed by atoms with Crippen LogP contribution in [-0.2, 0) is 0 Å². The Kier molecular flexibility index (Phi) is 6.67. The number of anilines is 1. The number of benzene rings is 1. The fraction of sp³-hybridized carbons (Fsp3) is 0.300. The van der Waals surface area contributed by atoms with Crippen LogP contribution in [0.15, 0.2) is 30.3 Å². The highest BCUT2D eigenvalue weighted by molar-refractivity contribution is 5.42. The SMILES string of the molecule is CC.N#CCNc1ccccc1.[HH]. The van der Waals surface area contributed by atoms with Crippen molar-refractivity contribution in [2.24, 2.45) is 0 Å². The summed E-state index contributed by atoms with van der Waals surface area (Å²) in [6, 6.07) is 11.7. The number of nitrogens with one attached hydrogen (secondary N) is 1. The predicted molar refractivity (Wildman–Crippen MR) is 54.0 cm³/mol. The zero-order valence-corrected chi connectivity index (χ0v) is 7.54. The maximum absolute atomic E-state index is 8.22. The van der Waals surface area contributed by atoms with E-state index in [1.807, 2.05) is 50.2 Å². The molecule has 0 aromatic heterocycles. The zero-order chi connectivity index (χ0) is 9.23. The summed E-state index contributed by atoms with van der Waals surface area (Å²) in [5, 5.41) is 11.1. The van der Waals surface area contributed by atoms with E-state index in [-0.39, 0.29) is 1.43 Å². The molecule has 0 aliphatic rings. The number of nitriles is 1. The third-order valence-electron chi connectivity index (χ3n) is 1.15. The van der Waals surface area contributed by atoms with Crippen LogP contribution in [0.3, 0.4) is 0 Å². The number of nitrogens with zero attached hydrogens (tertiary/aromatic N) is 1. The molecule has 2 nitrogen and oxygen atoms in total. The Bertz CT molecular complexity index is 228. The van der Waals surface area contributed by atoms with Crippen LogP contribution in [0.1, 0.15) is 15.3 Å². The molecule has 0 unspecified atom stereocenters. The van der Waals surface area contributed by atoms with Gasteiger partial charge in [0.2, 0.25) is 0 Å². The molecule has 0 aliphatic carbocycles. The Morgan fingerprint density at radius 2 is 1.92 bits per heavy atom. The van der Waals surface area contributed by atoms with Gasteiger partial charge in [0.15, 0.2) is 0 Å². The van der Waals surface area contributed by atoms with Gasteiger partial charge in [-0.15, -0.1) is 0 Å². The van der Waals surface area contributed by atoms with Crippen molar-refractivity contribution in [2.45, 2.75) is 13.8 Å². The smallest absolute Gasteiger partial charge is 0.103 e. The average Bonchev–Trinajstić information content (AvgIpc) is 2.19. The molecule has 0 aliphatic heterocycles. The summed E-state index contributed by atoms with van der Waals surface area (Å²) >= 11 is 0. The van der Waals surface area contributed by atoms with Crippen LogP contribution < -0.4 is 5.32 Å². The monoisotopic (exact) mass is 164 g/mol. The van der Waals surface area contributed by atoms with Gasteiger partial charge in [-0.3, -0.25) is 0 Å². The first-order chi connectivity index (χ1) is 5.93. The van der Waals surface area contributed by atoms with E-state index in [9.17, 15) is 0 Å². The maximum Gasteiger partial charge on any atom is 0.103 e. The van der Waals surface area contributed by atoms with Crippen LogP contribution >= 0.6 is 0 Å². The van der Waals surface area contributed by atoms with E-state index in [0.29, 0.717) is 6.54 Å². The van der Waals surface area contributed by atoms with Crippen molar-refractivity contribution in [1.82, 2.24) is 0 Å². The van der Waals surface area contributed by atoms with E-state index in [1.165, 1.54) is 0 Å². The van der Waals surface area contributed by atoms with Crippen molar-refractivity contribution in [3.8, 4) is 6.07 Å². The van der Waals surface area contributed by atoms with Crippen LogP contribution in [0.4, 0.5) is 5.69 Å². The van der Waals surface area contributed by atoms with Crippen molar-refractivity contribution >= 4 is 5.69 Å². The number of hydrogen-bond acceptors (Lipinski definition) is 2. The molecule has 0 saturated carbocycles. The Hall–Kier alpha value is -1.49. The Morgan fingerprint density at radius 3 is 2.42 bits per heavy atom. The minimum absolute atomic E-state index is 0. The van der Waals surface area contributed by atoms with Crippen LogP contribution in [-0.4, -0.2) is 6.54 Å². The number of rotatable bonds is 2. The van der Waals surface area contributed by atoms with Crippen molar-refractivity contribution < 1.29 is 1.43 Å². The molecular formula is C10H16N2. The minimum Gasteiger partial charge on any atom is -0.372 e. The molecule has 1 rings (SSSR count). The van der Waals surface area contributed by atoms with Gasteiger partial charge < -0.3 is 5.32 Å². The van der Waals surface area contributed by atoms with Crippen molar-refractivity contribution in [3.05, 3.63) is 30.3 Å². The van der Waals surface area contributed by atoms with Crippen molar-refractivity contribution in [1.29, 1.82) is 5.26 Å². The average molecular weight is 164 g/mol. The Morgan fingerprint density at radius 1 is 1.33 bits per heavy atom.